The molecule has 0 N–H and O–H groups in total. The fourth-order valence-corrected chi connectivity index (χ4v) is 7.04. The Kier molecular flexibility index (Phi) is 4.16. The predicted molar refractivity (Wildman–Crippen MR) is 152 cm³/mol. The lowest BCUT2D eigenvalue weighted by Crippen LogP contribution is -2.31. The molecular formula is C35H21NO2. The molecule has 3 nitrogen and oxygen atoms in total. The van der Waals surface area contributed by atoms with Crippen molar-refractivity contribution < 1.29 is 4.92 Å². The lowest BCUT2D eigenvalue weighted by Gasteiger charge is -2.40. The first-order valence-electron chi connectivity index (χ1n) is 12.8. The minimum absolute atomic E-state index is 0.121. The molecule has 0 saturated carbocycles. The van der Waals surface area contributed by atoms with E-state index in [4.69, 9.17) is 0 Å². The average Bonchev–Trinajstić information content (AvgIpc) is 3.27. The highest BCUT2D eigenvalue weighted by atomic mass is 16.6. The van der Waals surface area contributed by atoms with Gasteiger partial charge in [0.05, 0.1) is 15.9 Å². The summed E-state index contributed by atoms with van der Waals surface area (Å²) in [6.45, 7) is 0. The van der Waals surface area contributed by atoms with E-state index in [-0.39, 0.29) is 10.6 Å². The molecule has 3 heteroatoms. The Labute approximate surface area is 219 Å². The number of nitro groups is 1. The van der Waals surface area contributed by atoms with Gasteiger partial charge in [-0.2, -0.15) is 0 Å². The second-order valence-electron chi connectivity index (χ2n) is 10.0. The smallest absolute Gasteiger partial charge is 0.258 e. The Bertz CT molecular complexity index is 1920. The van der Waals surface area contributed by atoms with E-state index in [9.17, 15) is 10.1 Å². The second kappa shape index (κ2) is 7.50. The van der Waals surface area contributed by atoms with Gasteiger partial charge in [-0.05, 0) is 66.9 Å². The van der Waals surface area contributed by atoms with Crippen molar-refractivity contribution in [3.8, 4) is 33.4 Å². The van der Waals surface area contributed by atoms with E-state index in [0.717, 1.165) is 16.3 Å². The minimum atomic E-state index is -0.475. The zero-order valence-electron chi connectivity index (χ0n) is 20.4. The van der Waals surface area contributed by atoms with Gasteiger partial charge in [-0.25, -0.2) is 0 Å². The predicted octanol–water partition coefficient (Wildman–Crippen LogP) is 8.76. The summed E-state index contributed by atoms with van der Waals surface area (Å²) in [4.78, 5) is 11.7. The number of fused-ring (bicyclic) bond motifs is 9. The zero-order valence-corrected chi connectivity index (χ0v) is 20.4. The molecule has 0 heterocycles. The first-order chi connectivity index (χ1) is 18.7. The zero-order chi connectivity index (χ0) is 25.4. The van der Waals surface area contributed by atoms with Gasteiger partial charge < -0.3 is 0 Å². The molecule has 0 aromatic heterocycles. The summed E-state index contributed by atoms with van der Waals surface area (Å²) in [6, 6.07) is 43.9. The maximum absolute atomic E-state index is 12.0. The van der Waals surface area contributed by atoms with Gasteiger partial charge in [-0.3, -0.25) is 10.1 Å². The van der Waals surface area contributed by atoms with Crippen molar-refractivity contribution in [3.05, 3.63) is 160 Å². The number of nitro benzene ring substituents is 1. The summed E-state index contributed by atoms with van der Waals surface area (Å²) >= 11 is 0. The molecule has 2 aliphatic carbocycles. The summed E-state index contributed by atoms with van der Waals surface area (Å²) in [6.07, 6.45) is 0. The summed E-state index contributed by atoms with van der Waals surface area (Å²) in [5, 5.41) is 14.2. The number of nitrogens with zero attached hydrogens (tertiary/aromatic N) is 1. The molecule has 0 atom stereocenters. The van der Waals surface area contributed by atoms with Crippen LogP contribution in [0.4, 0.5) is 5.69 Å². The fraction of sp³-hybridized carbons (Fsp3) is 0.0286. The molecule has 1 spiro atoms. The number of benzene rings is 6. The third-order valence-corrected chi connectivity index (χ3v) is 8.41. The molecule has 0 fully saturated rings. The monoisotopic (exact) mass is 487 g/mol. The van der Waals surface area contributed by atoms with E-state index in [1.165, 1.54) is 44.5 Å². The molecule has 0 bridgehead atoms. The Morgan fingerprint density at radius 1 is 0.447 bits per heavy atom. The lowest BCUT2D eigenvalue weighted by molar-refractivity contribution is -0.384. The molecule has 178 valence electrons. The normalized spacial score (nSPS) is 13.7. The van der Waals surface area contributed by atoms with Gasteiger partial charge in [-0.1, -0.05) is 115 Å². The van der Waals surface area contributed by atoms with Crippen LogP contribution in [-0.4, -0.2) is 4.92 Å². The van der Waals surface area contributed by atoms with Gasteiger partial charge in [0.15, 0.2) is 0 Å². The Balaban J connectivity index is 1.58. The highest BCUT2D eigenvalue weighted by Gasteiger charge is 2.49. The maximum atomic E-state index is 12.0. The molecule has 0 saturated heterocycles. The molecule has 6 aromatic carbocycles. The third kappa shape index (κ3) is 2.48. The topological polar surface area (TPSA) is 43.1 Å². The van der Waals surface area contributed by atoms with Gasteiger partial charge in [0, 0.05) is 6.07 Å². The van der Waals surface area contributed by atoms with Gasteiger partial charge in [-0.15, -0.1) is 0 Å². The van der Waals surface area contributed by atoms with E-state index in [2.05, 4.69) is 103 Å². The average molecular weight is 488 g/mol. The van der Waals surface area contributed by atoms with Gasteiger partial charge in [0.1, 0.15) is 0 Å². The van der Waals surface area contributed by atoms with Crippen molar-refractivity contribution in [1.82, 2.24) is 0 Å². The molecule has 6 aromatic rings. The SMILES string of the molecule is O=[N+]([O-])c1ccccc1-c1ccc2c3c(cccc13)C1(c3ccccc3-c3ccccc31)c1ccccc1-2. The quantitative estimate of drug-likeness (QED) is 0.181. The summed E-state index contributed by atoms with van der Waals surface area (Å²) in [7, 11) is 0. The second-order valence-corrected chi connectivity index (χ2v) is 10.0. The Morgan fingerprint density at radius 3 is 1.53 bits per heavy atom. The van der Waals surface area contributed by atoms with Crippen LogP contribution in [0.5, 0.6) is 0 Å². The van der Waals surface area contributed by atoms with Gasteiger partial charge in [0.25, 0.3) is 5.69 Å². The lowest BCUT2D eigenvalue weighted by atomic mass is 9.61. The van der Waals surface area contributed by atoms with Crippen LogP contribution in [0.15, 0.2) is 127 Å². The molecule has 38 heavy (non-hydrogen) atoms. The standard InChI is InChI=1S/C35H21NO2/c37-36(38)33-19-8-4-13-26(33)22-20-21-28-25-12-3-7-17-31(25)35(32-18-9-14-27(22)34(28)32)29-15-5-1-10-23(29)24-11-2-6-16-30(24)35/h1-21H. The van der Waals surface area contributed by atoms with Crippen LogP contribution in [0.1, 0.15) is 22.3 Å². The third-order valence-electron chi connectivity index (χ3n) is 8.41. The minimum Gasteiger partial charge on any atom is -0.258 e. The number of hydrogen-bond donors (Lipinski definition) is 0. The van der Waals surface area contributed by atoms with E-state index in [1.807, 2.05) is 12.1 Å². The number of hydrogen-bond acceptors (Lipinski definition) is 2. The van der Waals surface area contributed by atoms with E-state index >= 15 is 0 Å². The molecule has 0 unspecified atom stereocenters. The first-order valence-corrected chi connectivity index (χ1v) is 12.8. The summed E-state index contributed by atoms with van der Waals surface area (Å²) < 4.78 is 0. The number of para-hydroxylation sites is 1. The maximum Gasteiger partial charge on any atom is 0.277 e. The van der Waals surface area contributed by atoms with Crippen molar-refractivity contribution in [2.45, 2.75) is 5.41 Å². The van der Waals surface area contributed by atoms with Crippen LogP contribution >= 0.6 is 0 Å². The van der Waals surface area contributed by atoms with Crippen LogP contribution < -0.4 is 0 Å². The molecule has 0 amide bonds. The molecule has 0 radical (unpaired) electrons. The van der Waals surface area contributed by atoms with Crippen LogP contribution in [0, 0.1) is 10.1 Å². The molecule has 0 aliphatic heterocycles. The van der Waals surface area contributed by atoms with Crippen LogP contribution in [0.3, 0.4) is 0 Å². The van der Waals surface area contributed by atoms with Gasteiger partial charge >= 0.3 is 0 Å². The Morgan fingerprint density at radius 2 is 0.921 bits per heavy atom. The summed E-state index contributed by atoms with van der Waals surface area (Å²) in [5.41, 5.74) is 11.1. The van der Waals surface area contributed by atoms with Crippen LogP contribution in [-0.2, 0) is 5.41 Å². The summed E-state index contributed by atoms with van der Waals surface area (Å²) in [5.74, 6) is 0. The van der Waals surface area contributed by atoms with Crippen molar-refractivity contribution >= 4 is 16.5 Å². The molecule has 2 aliphatic rings. The van der Waals surface area contributed by atoms with Crippen molar-refractivity contribution in [3.63, 3.8) is 0 Å². The highest BCUT2D eigenvalue weighted by molar-refractivity contribution is 6.12. The molecule has 8 rings (SSSR count). The van der Waals surface area contributed by atoms with Crippen molar-refractivity contribution in [1.29, 1.82) is 0 Å². The van der Waals surface area contributed by atoms with Gasteiger partial charge in [0.2, 0.25) is 0 Å². The van der Waals surface area contributed by atoms with Crippen molar-refractivity contribution in [2.24, 2.45) is 0 Å². The van der Waals surface area contributed by atoms with Crippen LogP contribution in [0.2, 0.25) is 0 Å². The highest BCUT2D eigenvalue weighted by Crippen LogP contribution is 2.62. The van der Waals surface area contributed by atoms with E-state index in [1.54, 1.807) is 12.1 Å². The first kappa shape index (κ1) is 21.1. The fourth-order valence-electron chi connectivity index (χ4n) is 7.04. The Hall–Kier alpha value is -5.02. The van der Waals surface area contributed by atoms with E-state index < -0.39 is 5.41 Å². The largest absolute Gasteiger partial charge is 0.277 e. The number of rotatable bonds is 2. The molecular weight excluding hydrogens is 466 g/mol. The van der Waals surface area contributed by atoms with Crippen LogP contribution in [0.25, 0.3) is 44.2 Å². The van der Waals surface area contributed by atoms with Crippen molar-refractivity contribution in [2.75, 3.05) is 0 Å². The van der Waals surface area contributed by atoms with E-state index in [0.29, 0.717) is 5.56 Å².